The van der Waals surface area contributed by atoms with Gasteiger partial charge >= 0.3 is 5.97 Å². The molecule has 0 unspecified atom stereocenters. The molecule has 0 aliphatic heterocycles. The molecule has 0 saturated heterocycles. The monoisotopic (exact) mass is 328 g/mol. The molecule has 0 amide bonds. The first kappa shape index (κ1) is 19.1. The summed E-state index contributed by atoms with van der Waals surface area (Å²) < 4.78 is 5.55. The standard InChI is InChI=1S/C16H24O3.Zn/c1-2-3-4-5-6-7-10-13-19-15-12-9-8-11-14(15)16(17)18;/h8-9,11-12H,2-7,10,13H2,1H3,(H,17,18);. The van der Waals surface area contributed by atoms with Gasteiger partial charge in [0.25, 0.3) is 0 Å². The van der Waals surface area contributed by atoms with Gasteiger partial charge in [0, 0.05) is 19.5 Å². The molecule has 1 rings (SSSR count). The van der Waals surface area contributed by atoms with E-state index in [9.17, 15) is 4.79 Å². The van der Waals surface area contributed by atoms with Crippen LogP contribution in [0.5, 0.6) is 5.75 Å². The molecule has 108 valence electrons. The molecule has 0 fully saturated rings. The third kappa shape index (κ3) is 7.64. The van der Waals surface area contributed by atoms with Gasteiger partial charge in [0.2, 0.25) is 0 Å². The zero-order valence-corrected chi connectivity index (χ0v) is 15.4. The number of hydrogen-bond acceptors (Lipinski definition) is 2. The summed E-state index contributed by atoms with van der Waals surface area (Å²) in [6, 6.07) is 6.80. The number of para-hydroxylation sites is 1. The summed E-state index contributed by atoms with van der Waals surface area (Å²) in [4.78, 5) is 11.0. The summed E-state index contributed by atoms with van der Waals surface area (Å²) in [5.74, 6) is -0.462. The summed E-state index contributed by atoms with van der Waals surface area (Å²) in [6.07, 6.45) is 8.58. The molecule has 0 spiro atoms. The first-order chi connectivity index (χ1) is 9.25. The second-order valence-corrected chi connectivity index (χ2v) is 4.77. The molecule has 4 heteroatoms. The van der Waals surface area contributed by atoms with E-state index in [-0.39, 0.29) is 25.0 Å². The minimum atomic E-state index is -0.935. The molecule has 1 aromatic carbocycles. The van der Waals surface area contributed by atoms with E-state index in [1.54, 1.807) is 24.3 Å². The number of carboxylic acids is 1. The maximum Gasteiger partial charge on any atom is 0.339 e. The summed E-state index contributed by atoms with van der Waals surface area (Å²) in [7, 11) is 0. The van der Waals surface area contributed by atoms with Crippen LogP contribution in [0.25, 0.3) is 0 Å². The number of aromatic carboxylic acids is 1. The molecule has 1 N–H and O–H groups in total. The molecule has 0 bridgehead atoms. The molecule has 0 aliphatic carbocycles. The molecular weight excluding hydrogens is 306 g/mol. The Labute approximate surface area is 134 Å². The van der Waals surface area contributed by atoms with Crippen molar-refractivity contribution in [1.82, 2.24) is 0 Å². The average Bonchev–Trinajstić information content (AvgIpc) is 2.42. The summed E-state index contributed by atoms with van der Waals surface area (Å²) in [6.45, 7) is 2.81. The van der Waals surface area contributed by atoms with E-state index in [2.05, 4.69) is 6.92 Å². The Morgan fingerprint density at radius 2 is 1.65 bits per heavy atom. The van der Waals surface area contributed by atoms with Gasteiger partial charge in [-0.1, -0.05) is 57.6 Å². The third-order valence-electron chi connectivity index (χ3n) is 3.12. The van der Waals surface area contributed by atoms with E-state index in [0.717, 1.165) is 12.8 Å². The summed E-state index contributed by atoms with van der Waals surface area (Å²) in [5.41, 5.74) is 0.241. The Balaban J connectivity index is 0.00000361. The minimum Gasteiger partial charge on any atom is -0.493 e. The van der Waals surface area contributed by atoms with Crippen LogP contribution < -0.4 is 4.74 Å². The van der Waals surface area contributed by atoms with Crippen LogP contribution in [0, 0.1) is 0 Å². The van der Waals surface area contributed by atoms with Crippen LogP contribution in [0.4, 0.5) is 0 Å². The van der Waals surface area contributed by atoms with E-state index in [0.29, 0.717) is 12.4 Å². The number of benzene rings is 1. The largest absolute Gasteiger partial charge is 0.493 e. The molecule has 0 aliphatic rings. The quantitative estimate of drug-likeness (QED) is 0.507. The smallest absolute Gasteiger partial charge is 0.339 e. The van der Waals surface area contributed by atoms with E-state index in [1.165, 1.54) is 32.1 Å². The Kier molecular flexibility index (Phi) is 11.4. The second kappa shape index (κ2) is 11.9. The van der Waals surface area contributed by atoms with Gasteiger partial charge in [0.15, 0.2) is 0 Å². The summed E-state index contributed by atoms with van der Waals surface area (Å²) >= 11 is 0. The number of unbranched alkanes of at least 4 members (excludes halogenated alkanes) is 6. The van der Waals surface area contributed by atoms with Crippen molar-refractivity contribution in [3.05, 3.63) is 29.8 Å². The molecule has 0 saturated carbocycles. The van der Waals surface area contributed by atoms with Crippen molar-refractivity contribution in [1.29, 1.82) is 0 Å². The molecule has 20 heavy (non-hydrogen) atoms. The molecule has 0 aromatic heterocycles. The van der Waals surface area contributed by atoms with Crippen LogP contribution in [0.15, 0.2) is 24.3 Å². The minimum absolute atomic E-state index is 0. The predicted molar refractivity (Wildman–Crippen MR) is 76.9 cm³/mol. The van der Waals surface area contributed by atoms with Crippen LogP contribution in [0.3, 0.4) is 0 Å². The first-order valence-corrected chi connectivity index (χ1v) is 7.20. The van der Waals surface area contributed by atoms with Gasteiger partial charge in [0.05, 0.1) is 6.61 Å². The molecule has 0 radical (unpaired) electrons. The number of carbonyl (C=O) groups is 1. The topological polar surface area (TPSA) is 46.5 Å². The van der Waals surface area contributed by atoms with E-state index in [1.807, 2.05) is 0 Å². The zero-order chi connectivity index (χ0) is 13.9. The van der Waals surface area contributed by atoms with Gasteiger partial charge in [-0.25, -0.2) is 4.79 Å². The van der Waals surface area contributed by atoms with Crippen LogP contribution in [0.2, 0.25) is 0 Å². The van der Waals surface area contributed by atoms with Gasteiger partial charge in [-0.2, -0.15) is 0 Å². The number of ether oxygens (including phenoxy) is 1. The van der Waals surface area contributed by atoms with Crippen molar-refractivity contribution in [2.45, 2.75) is 51.9 Å². The SMILES string of the molecule is CCCCCCCCCOc1ccccc1C(=O)O.[Zn]. The third-order valence-corrected chi connectivity index (χ3v) is 3.12. The number of rotatable bonds is 10. The number of hydrogen-bond donors (Lipinski definition) is 1. The van der Waals surface area contributed by atoms with Crippen molar-refractivity contribution in [2.24, 2.45) is 0 Å². The zero-order valence-electron chi connectivity index (χ0n) is 12.4. The molecule has 0 heterocycles. The second-order valence-electron chi connectivity index (χ2n) is 4.77. The Morgan fingerprint density at radius 3 is 2.30 bits per heavy atom. The van der Waals surface area contributed by atoms with Crippen LogP contribution in [-0.4, -0.2) is 17.7 Å². The van der Waals surface area contributed by atoms with Crippen molar-refractivity contribution in [3.8, 4) is 5.75 Å². The van der Waals surface area contributed by atoms with Crippen molar-refractivity contribution < 1.29 is 34.1 Å². The predicted octanol–water partition coefficient (Wildman–Crippen LogP) is 4.51. The fourth-order valence-corrected chi connectivity index (χ4v) is 2.01. The van der Waals surface area contributed by atoms with Crippen LogP contribution >= 0.6 is 0 Å². The number of carboxylic acid groups (broad SMARTS) is 1. The van der Waals surface area contributed by atoms with Gasteiger partial charge in [-0.3, -0.25) is 0 Å². The Hall–Kier alpha value is -0.887. The van der Waals surface area contributed by atoms with Crippen molar-refractivity contribution in [2.75, 3.05) is 6.61 Å². The van der Waals surface area contributed by atoms with Crippen LogP contribution in [0.1, 0.15) is 62.2 Å². The van der Waals surface area contributed by atoms with Gasteiger partial charge in [-0.05, 0) is 18.6 Å². The summed E-state index contributed by atoms with van der Waals surface area (Å²) in [5, 5.41) is 9.01. The Bertz CT molecular complexity index is 380. The van der Waals surface area contributed by atoms with E-state index < -0.39 is 5.97 Å². The molecule has 0 atom stereocenters. The fraction of sp³-hybridized carbons (Fsp3) is 0.562. The van der Waals surface area contributed by atoms with Crippen LogP contribution in [-0.2, 0) is 19.5 Å². The van der Waals surface area contributed by atoms with Crippen molar-refractivity contribution in [3.63, 3.8) is 0 Å². The van der Waals surface area contributed by atoms with Crippen molar-refractivity contribution >= 4 is 5.97 Å². The van der Waals surface area contributed by atoms with E-state index in [4.69, 9.17) is 9.84 Å². The average molecular weight is 330 g/mol. The van der Waals surface area contributed by atoms with Gasteiger partial charge in [-0.15, -0.1) is 0 Å². The van der Waals surface area contributed by atoms with E-state index >= 15 is 0 Å². The molecule has 3 nitrogen and oxygen atoms in total. The fourth-order valence-electron chi connectivity index (χ4n) is 2.01. The van der Waals surface area contributed by atoms with Gasteiger partial charge < -0.3 is 9.84 Å². The normalized spacial score (nSPS) is 9.85. The Morgan fingerprint density at radius 1 is 1.05 bits per heavy atom. The first-order valence-electron chi connectivity index (χ1n) is 7.20. The maximum absolute atomic E-state index is 11.0. The molecule has 1 aromatic rings. The van der Waals surface area contributed by atoms with Gasteiger partial charge in [0.1, 0.15) is 11.3 Å². The molecular formula is C16H24O3Zn. The maximum atomic E-state index is 11.0.